The largest absolute Gasteiger partial charge is 0.484 e. The summed E-state index contributed by atoms with van der Waals surface area (Å²) in [5, 5.41) is 3.12. The summed E-state index contributed by atoms with van der Waals surface area (Å²) in [6, 6.07) is 7.82. The predicted molar refractivity (Wildman–Crippen MR) is 86.2 cm³/mol. The highest BCUT2D eigenvalue weighted by atomic mass is 79.9. The Morgan fingerprint density at radius 1 is 1.43 bits per heavy atom. The number of rotatable bonds is 5. The third-order valence-electron chi connectivity index (χ3n) is 4.99. The van der Waals surface area contributed by atoms with Gasteiger partial charge in [0.25, 0.3) is 5.91 Å². The van der Waals surface area contributed by atoms with Crippen molar-refractivity contribution in [3.05, 3.63) is 28.7 Å². The molecular weight excluding hydrogens is 330 g/mol. The summed E-state index contributed by atoms with van der Waals surface area (Å²) in [5.74, 6) is 3.10. The van der Waals surface area contributed by atoms with Crippen molar-refractivity contribution in [2.45, 2.75) is 38.6 Å². The summed E-state index contributed by atoms with van der Waals surface area (Å²) in [6.45, 7) is 2.23. The first-order chi connectivity index (χ1) is 10.1. The van der Waals surface area contributed by atoms with Crippen LogP contribution in [0.1, 0.15) is 32.6 Å². The first kappa shape index (κ1) is 14.9. The average Bonchev–Trinajstić information content (AvgIpc) is 3.08. The topological polar surface area (TPSA) is 38.3 Å². The molecule has 2 bridgehead atoms. The van der Waals surface area contributed by atoms with Crippen molar-refractivity contribution in [3.8, 4) is 5.75 Å². The Morgan fingerprint density at radius 3 is 2.95 bits per heavy atom. The van der Waals surface area contributed by atoms with Gasteiger partial charge in [-0.25, -0.2) is 0 Å². The molecule has 21 heavy (non-hydrogen) atoms. The van der Waals surface area contributed by atoms with Gasteiger partial charge in [0.05, 0.1) is 0 Å². The lowest BCUT2D eigenvalue weighted by Gasteiger charge is -2.28. The van der Waals surface area contributed by atoms with Crippen molar-refractivity contribution in [1.82, 2.24) is 5.32 Å². The fourth-order valence-electron chi connectivity index (χ4n) is 4.01. The standard InChI is InChI=1S/C17H22BrNO2/c1-11(16-8-12-5-6-13(16)7-12)19-17(20)10-21-15-4-2-3-14(18)9-15/h2-4,9,11-13,16H,5-8,10H2,1H3,(H,19,20)/t11-,12+,13+,16-/m0/s1. The van der Waals surface area contributed by atoms with Crippen molar-refractivity contribution in [2.24, 2.45) is 17.8 Å². The maximum absolute atomic E-state index is 12.0. The number of hydrogen-bond acceptors (Lipinski definition) is 2. The lowest BCUT2D eigenvalue weighted by atomic mass is 9.84. The molecule has 0 radical (unpaired) electrons. The normalized spacial score (nSPS) is 28.4. The second-order valence-electron chi connectivity index (χ2n) is 6.44. The minimum Gasteiger partial charge on any atom is -0.484 e. The quantitative estimate of drug-likeness (QED) is 0.876. The molecule has 2 saturated carbocycles. The van der Waals surface area contributed by atoms with Crippen LogP contribution < -0.4 is 10.1 Å². The Hall–Kier alpha value is -1.03. The van der Waals surface area contributed by atoms with E-state index in [0.717, 1.165) is 16.3 Å². The van der Waals surface area contributed by atoms with E-state index in [1.165, 1.54) is 25.7 Å². The van der Waals surface area contributed by atoms with Gasteiger partial charge < -0.3 is 10.1 Å². The van der Waals surface area contributed by atoms with Crippen LogP contribution in [0.2, 0.25) is 0 Å². The summed E-state index contributed by atoms with van der Waals surface area (Å²) in [5.41, 5.74) is 0. The number of nitrogens with one attached hydrogen (secondary N) is 1. The summed E-state index contributed by atoms with van der Waals surface area (Å²) in [4.78, 5) is 12.0. The number of carbonyl (C=O) groups excluding carboxylic acids is 1. The number of carbonyl (C=O) groups is 1. The van der Waals surface area contributed by atoms with E-state index in [0.29, 0.717) is 11.7 Å². The Bertz CT molecular complexity index is 519. The zero-order chi connectivity index (χ0) is 14.8. The molecule has 1 amide bonds. The molecule has 2 aliphatic rings. The van der Waals surface area contributed by atoms with E-state index in [9.17, 15) is 4.79 Å². The van der Waals surface area contributed by atoms with E-state index in [1.54, 1.807) is 0 Å². The average molecular weight is 352 g/mol. The van der Waals surface area contributed by atoms with Gasteiger partial charge in [-0.1, -0.05) is 28.4 Å². The Labute approximate surface area is 134 Å². The molecule has 2 aliphatic carbocycles. The minimum atomic E-state index is -0.0229. The van der Waals surface area contributed by atoms with Crippen LogP contribution in [-0.2, 0) is 4.79 Å². The van der Waals surface area contributed by atoms with E-state index >= 15 is 0 Å². The van der Waals surface area contributed by atoms with Gasteiger partial charge in [0.15, 0.2) is 6.61 Å². The summed E-state index contributed by atoms with van der Waals surface area (Å²) < 4.78 is 6.49. The molecule has 2 fully saturated rings. The van der Waals surface area contributed by atoms with Gasteiger partial charge in [-0.2, -0.15) is 0 Å². The first-order valence-electron chi connectivity index (χ1n) is 7.79. The summed E-state index contributed by atoms with van der Waals surface area (Å²) in [7, 11) is 0. The highest BCUT2D eigenvalue weighted by Crippen LogP contribution is 2.49. The van der Waals surface area contributed by atoms with E-state index < -0.39 is 0 Å². The first-order valence-corrected chi connectivity index (χ1v) is 8.59. The maximum atomic E-state index is 12.0. The van der Waals surface area contributed by atoms with E-state index in [2.05, 4.69) is 28.2 Å². The van der Waals surface area contributed by atoms with Crippen LogP contribution in [0.4, 0.5) is 0 Å². The van der Waals surface area contributed by atoms with Crippen LogP contribution in [-0.4, -0.2) is 18.6 Å². The highest BCUT2D eigenvalue weighted by Gasteiger charge is 2.42. The SMILES string of the molecule is C[C@H](NC(=O)COc1cccc(Br)c1)[C@@H]1C[C@@H]2CC[C@@H]1C2. The van der Waals surface area contributed by atoms with Crippen LogP contribution in [0.3, 0.4) is 0 Å². The Kier molecular flexibility index (Phi) is 4.53. The lowest BCUT2D eigenvalue weighted by Crippen LogP contribution is -2.42. The minimum absolute atomic E-state index is 0.0229. The fourth-order valence-corrected chi connectivity index (χ4v) is 4.39. The van der Waals surface area contributed by atoms with E-state index in [-0.39, 0.29) is 18.6 Å². The molecular formula is C17H22BrNO2. The van der Waals surface area contributed by atoms with Crippen molar-refractivity contribution in [3.63, 3.8) is 0 Å². The smallest absolute Gasteiger partial charge is 0.258 e. The molecule has 3 rings (SSSR count). The van der Waals surface area contributed by atoms with Crippen molar-refractivity contribution in [1.29, 1.82) is 0 Å². The summed E-state index contributed by atoms with van der Waals surface area (Å²) >= 11 is 3.39. The molecule has 0 heterocycles. The highest BCUT2D eigenvalue weighted by molar-refractivity contribution is 9.10. The van der Waals surface area contributed by atoms with Gasteiger partial charge in [0.1, 0.15) is 5.75 Å². The predicted octanol–water partition coefficient (Wildman–Crippen LogP) is 3.77. The zero-order valence-corrected chi connectivity index (χ0v) is 13.9. The maximum Gasteiger partial charge on any atom is 0.258 e. The van der Waals surface area contributed by atoms with Gasteiger partial charge in [0.2, 0.25) is 0 Å². The molecule has 1 aromatic rings. The van der Waals surface area contributed by atoms with Gasteiger partial charge in [0, 0.05) is 10.5 Å². The Balaban J connectivity index is 1.46. The van der Waals surface area contributed by atoms with Gasteiger partial charge >= 0.3 is 0 Å². The van der Waals surface area contributed by atoms with Gasteiger partial charge in [-0.3, -0.25) is 4.79 Å². The van der Waals surface area contributed by atoms with Gasteiger partial charge in [-0.05, 0) is 62.1 Å². The molecule has 0 spiro atoms. The zero-order valence-electron chi connectivity index (χ0n) is 12.3. The van der Waals surface area contributed by atoms with Crippen LogP contribution in [0.25, 0.3) is 0 Å². The number of amides is 1. The van der Waals surface area contributed by atoms with E-state index in [1.807, 2.05) is 24.3 Å². The van der Waals surface area contributed by atoms with Crippen LogP contribution in [0, 0.1) is 17.8 Å². The molecule has 1 N–H and O–H groups in total. The third-order valence-corrected chi connectivity index (χ3v) is 5.48. The monoisotopic (exact) mass is 351 g/mol. The molecule has 3 nitrogen and oxygen atoms in total. The van der Waals surface area contributed by atoms with Crippen LogP contribution >= 0.6 is 15.9 Å². The molecule has 4 atom stereocenters. The molecule has 4 heteroatoms. The van der Waals surface area contributed by atoms with Crippen molar-refractivity contribution in [2.75, 3.05) is 6.61 Å². The number of benzene rings is 1. The molecule has 1 aromatic carbocycles. The van der Waals surface area contributed by atoms with Crippen LogP contribution in [0.5, 0.6) is 5.75 Å². The molecule has 0 aliphatic heterocycles. The number of fused-ring (bicyclic) bond motifs is 2. The summed E-state index contributed by atoms with van der Waals surface area (Å²) in [6.07, 6.45) is 5.41. The molecule has 114 valence electrons. The van der Waals surface area contributed by atoms with Crippen LogP contribution in [0.15, 0.2) is 28.7 Å². The third kappa shape index (κ3) is 3.60. The van der Waals surface area contributed by atoms with Gasteiger partial charge in [-0.15, -0.1) is 0 Å². The number of ether oxygens (including phenoxy) is 1. The number of halogens is 1. The molecule has 0 unspecified atom stereocenters. The fraction of sp³-hybridized carbons (Fsp3) is 0.588. The van der Waals surface area contributed by atoms with E-state index in [4.69, 9.17) is 4.74 Å². The number of hydrogen-bond donors (Lipinski definition) is 1. The molecule has 0 saturated heterocycles. The molecule has 0 aromatic heterocycles. The lowest BCUT2D eigenvalue weighted by molar-refractivity contribution is -0.124. The van der Waals surface area contributed by atoms with Crippen molar-refractivity contribution < 1.29 is 9.53 Å². The second-order valence-corrected chi connectivity index (χ2v) is 7.36. The Morgan fingerprint density at radius 2 is 2.29 bits per heavy atom. The second kappa shape index (κ2) is 6.39. The van der Waals surface area contributed by atoms with Crippen molar-refractivity contribution >= 4 is 21.8 Å².